The molecular weight excluding hydrogens is 358 g/mol. The maximum Gasteiger partial charge on any atom is 0.234 e. The van der Waals surface area contributed by atoms with Gasteiger partial charge in [-0.15, -0.1) is 11.3 Å². The quantitative estimate of drug-likeness (QED) is 0.688. The van der Waals surface area contributed by atoms with Crippen LogP contribution in [0, 0.1) is 0 Å². The fourth-order valence-electron chi connectivity index (χ4n) is 3.66. The molecule has 7 heteroatoms. The number of carbonyl (C=O) groups is 1. The maximum atomic E-state index is 12.3. The van der Waals surface area contributed by atoms with Gasteiger partial charge in [0.25, 0.3) is 0 Å². The second kappa shape index (κ2) is 8.45. The number of amides is 1. The van der Waals surface area contributed by atoms with Crippen molar-refractivity contribution in [1.82, 2.24) is 25.4 Å². The Kier molecular flexibility index (Phi) is 5.60. The van der Waals surface area contributed by atoms with Crippen molar-refractivity contribution in [3.63, 3.8) is 0 Å². The standard InChI is InChI=1S/C20H23N5OS/c26-19(22-11-17-4-2-10-27-17)14-25-9-1-3-16(13-25)20-18(12-23-24-20)15-5-7-21-8-6-15/h2,4-8,10,12,16H,1,3,9,11,13-14H2,(H,22,26)(H,23,24). The van der Waals surface area contributed by atoms with Crippen molar-refractivity contribution in [3.8, 4) is 11.1 Å². The Hall–Kier alpha value is -2.51. The summed E-state index contributed by atoms with van der Waals surface area (Å²) >= 11 is 1.67. The number of likely N-dealkylation sites (tertiary alicyclic amines) is 1. The SMILES string of the molecule is O=C(CN1CCCC(c2[nH]ncc2-c2ccncc2)C1)NCc1cccs1. The molecule has 3 aromatic rings. The number of thiophene rings is 1. The fourth-order valence-corrected chi connectivity index (χ4v) is 4.31. The first-order valence-electron chi connectivity index (χ1n) is 9.24. The molecule has 27 heavy (non-hydrogen) atoms. The minimum atomic E-state index is 0.0861. The number of nitrogens with zero attached hydrogens (tertiary/aromatic N) is 3. The zero-order chi connectivity index (χ0) is 18.5. The summed E-state index contributed by atoms with van der Waals surface area (Å²) in [7, 11) is 0. The lowest BCUT2D eigenvalue weighted by molar-refractivity contribution is -0.122. The molecule has 4 rings (SSSR count). The molecule has 1 aliphatic rings. The number of aromatic nitrogens is 3. The highest BCUT2D eigenvalue weighted by molar-refractivity contribution is 7.09. The number of hydrogen-bond acceptors (Lipinski definition) is 5. The van der Waals surface area contributed by atoms with Gasteiger partial charge in [0.2, 0.25) is 5.91 Å². The Morgan fingerprint density at radius 3 is 3.04 bits per heavy atom. The molecule has 0 radical (unpaired) electrons. The summed E-state index contributed by atoms with van der Waals surface area (Å²) in [6.45, 7) is 2.88. The lowest BCUT2D eigenvalue weighted by Crippen LogP contribution is -2.41. The summed E-state index contributed by atoms with van der Waals surface area (Å²) < 4.78 is 0. The molecule has 0 bridgehead atoms. The Labute approximate surface area is 162 Å². The predicted octanol–water partition coefficient (Wildman–Crippen LogP) is 3.03. The highest BCUT2D eigenvalue weighted by atomic mass is 32.1. The van der Waals surface area contributed by atoms with Gasteiger partial charge in [-0.25, -0.2) is 0 Å². The van der Waals surface area contributed by atoms with Crippen LogP contribution in [0.5, 0.6) is 0 Å². The fraction of sp³-hybridized carbons (Fsp3) is 0.350. The summed E-state index contributed by atoms with van der Waals surface area (Å²) in [6, 6.07) is 8.06. The normalized spacial score (nSPS) is 17.7. The van der Waals surface area contributed by atoms with Crippen LogP contribution < -0.4 is 5.32 Å². The van der Waals surface area contributed by atoms with E-state index in [2.05, 4.69) is 25.4 Å². The number of pyridine rings is 1. The lowest BCUT2D eigenvalue weighted by Gasteiger charge is -2.32. The van der Waals surface area contributed by atoms with Gasteiger partial charge in [0.15, 0.2) is 0 Å². The van der Waals surface area contributed by atoms with Crippen molar-refractivity contribution in [3.05, 3.63) is 58.8 Å². The van der Waals surface area contributed by atoms with Gasteiger partial charge in [0, 0.05) is 41.0 Å². The molecule has 1 saturated heterocycles. The number of nitrogens with one attached hydrogen (secondary N) is 2. The molecule has 6 nitrogen and oxygen atoms in total. The highest BCUT2D eigenvalue weighted by Gasteiger charge is 2.26. The summed E-state index contributed by atoms with van der Waals surface area (Å²) in [6.07, 6.45) is 7.68. The van der Waals surface area contributed by atoms with Crippen molar-refractivity contribution in [2.75, 3.05) is 19.6 Å². The topological polar surface area (TPSA) is 73.9 Å². The summed E-state index contributed by atoms with van der Waals surface area (Å²) in [5.74, 6) is 0.442. The first-order valence-corrected chi connectivity index (χ1v) is 10.1. The van der Waals surface area contributed by atoms with Gasteiger partial charge >= 0.3 is 0 Å². The monoisotopic (exact) mass is 381 g/mol. The number of H-pyrrole nitrogens is 1. The third kappa shape index (κ3) is 4.43. The van der Waals surface area contributed by atoms with E-state index in [-0.39, 0.29) is 5.91 Å². The van der Waals surface area contributed by atoms with E-state index in [4.69, 9.17) is 0 Å². The van der Waals surface area contributed by atoms with Crippen LogP contribution >= 0.6 is 11.3 Å². The molecule has 0 aromatic carbocycles. The van der Waals surface area contributed by atoms with Crippen molar-refractivity contribution >= 4 is 17.2 Å². The van der Waals surface area contributed by atoms with Crippen LogP contribution in [0.2, 0.25) is 0 Å². The van der Waals surface area contributed by atoms with Crippen molar-refractivity contribution < 1.29 is 4.79 Å². The minimum Gasteiger partial charge on any atom is -0.350 e. The van der Waals surface area contributed by atoms with Crippen LogP contribution in [0.25, 0.3) is 11.1 Å². The van der Waals surface area contributed by atoms with E-state index in [1.165, 1.54) is 4.88 Å². The number of rotatable bonds is 6. The molecular formula is C20H23N5OS. The molecule has 140 valence electrons. The third-order valence-corrected chi connectivity index (χ3v) is 5.86. The molecule has 1 aliphatic heterocycles. The first kappa shape index (κ1) is 17.9. The first-order chi connectivity index (χ1) is 13.3. The van der Waals surface area contributed by atoms with Gasteiger partial charge in [0.1, 0.15) is 0 Å². The van der Waals surface area contributed by atoms with E-state index in [1.807, 2.05) is 35.8 Å². The Balaban J connectivity index is 1.37. The van der Waals surface area contributed by atoms with E-state index in [1.54, 1.807) is 23.7 Å². The van der Waals surface area contributed by atoms with E-state index in [9.17, 15) is 4.79 Å². The molecule has 1 fully saturated rings. The lowest BCUT2D eigenvalue weighted by atomic mass is 9.91. The van der Waals surface area contributed by atoms with Crippen molar-refractivity contribution in [2.24, 2.45) is 0 Å². The third-order valence-electron chi connectivity index (χ3n) is 4.98. The Morgan fingerprint density at radius 2 is 2.22 bits per heavy atom. The summed E-state index contributed by atoms with van der Waals surface area (Å²) in [5.41, 5.74) is 3.41. The Bertz CT molecular complexity index is 862. The minimum absolute atomic E-state index is 0.0861. The zero-order valence-corrected chi connectivity index (χ0v) is 15.9. The van der Waals surface area contributed by atoms with Crippen LogP contribution in [0.3, 0.4) is 0 Å². The van der Waals surface area contributed by atoms with Crippen molar-refractivity contribution in [2.45, 2.75) is 25.3 Å². The Morgan fingerprint density at radius 1 is 1.33 bits per heavy atom. The molecule has 3 aromatic heterocycles. The smallest absolute Gasteiger partial charge is 0.234 e. The highest BCUT2D eigenvalue weighted by Crippen LogP contribution is 2.32. The van der Waals surface area contributed by atoms with E-state index < -0.39 is 0 Å². The van der Waals surface area contributed by atoms with Crippen LogP contribution in [0.1, 0.15) is 29.3 Å². The number of hydrogen-bond donors (Lipinski definition) is 2. The van der Waals surface area contributed by atoms with Crippen LogP contribution in [0.4, 0.5) is 0 Å². The number of piperidine rings is 1. The molecule has 0 spiro atoms. The number of aromatic amines is 1. The average molecular weight is 382 g/mol. The van der Waals surface area contributed by atoms with Gasteiger partial charge in [-0.1, -0.05) is 6.07 Å². The van der Waals surface area contributed by atoms with Crippen LogP contribution in [-0.2, 0) is 11.3 Å². The molecule has 4 heterocycles. The van der Waals surface area contributed by atoms with Crippen molar-refractivity contribution in [1.29, 1.82) is 0 Å². The van der Waals surface area contributed by atoms with Gasteiger partial charge in [0.05, 0.1) is 19.3 Å². The van der Waals surface area contributed by atoms with Gasteiger partial charge in [-0.2, -0.15) is 5.10 Å². The van der Waals surface area contributed by atoms with E-state index >= 15 is 0 Å². The molecule has 0 saturated carbocycles. The molecule has 2 N–H and O–H groups in total. The van der Waals surface area contributed by atoms with Gasteiger partial charge < -0.3 is 5.32 Å². The molecule has 0 aliphatic carbocycles. The summed E-state index contributed by atoms with van der Waals surface area (Å²) in [4.78, 5) is 19.8. The maximum absolute atomic E-state index is 12.3. The second-order valence-electron chi connectivity index (χ2n) is 6.86. The van der Waals surface area contributed by atoms with Crippen LogP contribution in [0.15, 0.2) is 48.2 Å². The molecule has 1 unspecified atom stereocenters. The molecule has 1 atom stereocenters. The van der Waals surface area contributed by atoms with E-state index in [0.717, 1.165) is 42.8 Å². The number of carbonyl (C=O) groups excluding carboxylic acids is 1. The second-order valence-corrected chi connectivity index (χ2v) is 7.90. The van der Waals surface area contributed by atoms with E-state index in [0.29, 0.717) is 19.0 Å². The predicted molar refractivity (Wildman–Crippen MR) is 106 cm³/mol. The van der Waals surface area contributed by atoms with Gasteiger partial charge in [-0.3, -0.25) is 19.8 Å². The summed E-state index contributed by atoms with van der Waals surface area (Å²) in [5, 5.41) is 12.5. The molecule has 1 amide bonds. The zero-order valence-electron chi connectivity index (χ0n) is 15.1. The van der Waals surface area contributed by atoms with Gasteiger partial charge in [-0.05, 0) is 48.5 Å². The average Bonchev–Trinajstić information content (AvgIpc) is 3.39. The largest absolute Gasteiger partial charge is 0.350 e. The van der Waals surface area contributed by atoms with Crippen LogP contribution in [-0.4, -0.2) is 45.6 Å².